The molecule has 0 bridgehead atoms. The zero-order valence-electron chi connectivity index (χ0n) is 14.0. The van der Waals surface area contributed by atoms with Crippen molar-refractivity contribution < 1.29 is 9.59 Å². The first-order valence-corrected chi connectivity index (χ1v) is 8.47. The highest BCUT2D eigenvalue weighted by Gasteiger charge is 2.31. The number of nitrogens with zero attached hydrogens (tertiary/aromatic N) is 2. The highest BCUT2D eigenvalue weighted by molar-refractivity contribution is 5.95. The Hall–Kier alpha value is -2.04. The Labute approximate surface area is 137 Å². The zero-order valence-corrected chi connectivity index (χ0v) is 14.0. The van der Waals surface area contributed by atoms with Crippen molar-refractivity contribution in [3.8, 4) is 0 Å². The standard InChI is InChI=1S/C18H25N3O2/c1-13-4-5-14(2)16(12-13)17(22)20-10-6-15(7-11-20)21-9-3-8-19-18(21)23/h4-5,12,15H,3,6-11H2,1-2H3,(H,19,23). The fourth-order valence-corrected chi connectivity index (χ4v) is 3.51. The molecule has 0 atom stereocenters. The largest absolute Gasteiger partial charge is 0.338 e. The molecule has 2 fully saturated rings. The van der Waals surface area contributed by atoms with Crippen molar-refractivity contribution in [2.45, 2.75) is 39.2 Å². The maximum Gasteiger partial charge on any atom is 0.317 e. The number of carbonyl (C=O) groups is 2. The third kappa shape index (κ3) is 3.33. The molecule has 3 amide bonds. The number of nitrogens with one attached hydrogen (secondary N) is 1. The van der Waals surface area contributed by atoms with Gasteiger partial charge in [0.15, 0.2) is 0 Å². The van der Waals surface area contributed by atoms with E-state index in [9.17, 15) is 9.59 Å². The Balaban J connectivity index is 1.63. The molecular weight excluding hydrogens is 290 g/mol. The summed E-state index contributed by atoms with van der Waals surface area (Å²) in [5.41, 5.74) is 2.94. The second-order valence-corrected chi connectivity index (χ2v) is 6.62. The van der Waals surface area contributed by atoms with Gasteiger partial charge in [0.1, 0.15) is 0 Å². The van der Waals surface area contributed by atoms with E-state index in [4.69, 9.17) is 0 Å². The Morgan fingerprint density at radius 3 is 2.61 bits per heavy atom. The van der Waals surface area contributed by atoms with Gasteiger partial charge in [0.05, 0.1) is 0 Å². The Morgan fingerprint density at radius 2 is 1.91 bits per heavy atom. The molecule has 2 heterocycles. The summed E-state index contributed by atoms with van der Waals surface area (Å²) < 4.78 is 0. The van der Waals surface area contributed by atoms with Crippen molar-refractivity contribution in [3.63, 3.8) is 0 Å². The van der Waals surface area contributed by atoms with Crippen LogP contribution in [0, 0.1) is 13.8 Å². The van der Waals surface area contributed by atoms with Gasteiger partial charge in [0.25, 0.3) is 5.91 Å². The molecule has 2 aliphatic heterocycles. The number of amides is 3. The Morgan fingerprint density at radius 1 is 1.17 bits per heavy atom. The van der Waals surface area contributed by atoms with Crippen LogP contribution >= 0.6 is 0 Å². The minimum Gasteiger partial charge on any atom is -0.338 e. The van der Waals surface area contributed by atoms with Crippen LogP contribution in [0.3, 0.4) is 0 Å². The molecule has 5 nitrogen and oxygen atoms in total. The van der Waals surface area contributed by atoms with Crippen LogP contribution in [0.4, 0.5) is 4.79 Å². The average Bonchev–Trinajstić information content (AvgIpc) is 2.57. The van der Waals surface area contributed by atoms with E-state index in [1.165, 1.54) is 0 Å². The van der Waals surface area contributed by atoms with Crippen molar-refractivity contribution in [2.75, 3.05) is 26.2 Å². The lowest BCUT2D eigenvalue weighted by Crippen LogP contribution is -2.54. The fourth-order valence-electron chi connectivity index (χ4n) is 3.51. The zero-order chi connectivity index (χ0) is 16.4. The summed E-state index contributed by atoms with van der Waals surface area (Å²) in [6, 6.07) is 6.33. The number of urea groups is 1. The predicted molar refractivity (Wildman–Crippen MR) is 89.6 cm³/mol. The van der Waals surface area contributed by atoms with E-state index in [0.29, 0.717) is 0 Å². The average molecular weight is 315 g/mol. The van der Waals surface area contributed by atoms with Crippen LogP contribution in [0.25, 0.3) is 0 Å². The molecule has 1 aromatic carbocycles. The second-order valence-electron chi connectivity index (χ2n) is 6.62. The van der Waals surface area contributed by atoms with Gasteiger partial charge in [-0.2, -0.15) is 0 Å². The molecule has 3 rings (SSSR count). The SMILES string of the molecule is Cc1ccc(C)c(C(=O)N2CCC(N3CCCNC3=O)CC2)c1. The Bertz CT molecular complexity index is 606. The number of likely N-dealkylation sites (tertiary alicyclic amines) is 1. The third-order valence-electron chi connectivity index (χ3n) is 4.93. The summed E-state index contributed by atoms with van der Waals surface area (Å²) in [6.07, 6.45) is 2.74. The fraction of sp³-hybridized carbons (Fsp3) is 0.556. The minimum atomic E-state index is 0.0514. The second kappa shape index (κ2) is 6.60. The molecule has 1 N–H and O–H groups in total. The first-order valence-electron chi connectivity index (χ1n) is 8.47. The van der Waals surface area contributed by atoms with Crippen molar-refractivity contribution >= 4 is 11.9 Å². The first kappa shape index (κ1) is 15.8. The summed E-state index contributed by atoms with van der Waals surface area (Å²) in [7, 11) is 0. The molecule has 124 valence electrons. The number of hydrogen-bond donors (Lipinski definition) is 1. The molecule has 2 saturated heterocycles. The number of benzene rings is 1. The van der Waals surface area contributed by atoms with Gasteiger partial charge in [-0.1, -0.05) is 17.7 Å². The van der Waals surface area contributed by atoms with E-state index in [2.05, 4.69) is 5.32 Å². The maximum atomic E-state index is 12.8. The summed E-state index contributed by atoms with van der Waals surface area (Å²) in [5.74, 6) is 0.118. The van der Waals surface area contributed by atoms with Crippen LogP contribution in [0.2, 0.25) is 0 Å². The molecule has 0 unspecified atom stereocenters. The summed E-state index contributed by atoms with van der Waals surface area (Å²) >= 11 is 0. The number of rotatable bonds is 2. The number of aryl methyl sites for hydroxylation is 2. The summed E-state index contributed by atoms with van der Waals surface area (Å²) in [4.78, 5) is 28.6. The van der Waals surface area contributed by atoms with E-state index in [1.807, 2.05) is 41.8 Å². The highest BCUT2D eigenvalue weighted by atomic mass is 16.2. The van der Waals surface area contributed by atoms with E-state index in [-0.39, 0.29) is 18.0 Å². The van der Waals surface area contributed by atoms with Crippen molar-refractivity contribution in [1.82, 2.24) is 15.1 Å². The number of hydrogen-bond acceptors (Lipinski definition) is 2. The predicted octanol–water partition coefficient (Wildman–Crippen LogP) is 2.32. The number of carbonyl (C=O) groups excluding carboxylic acids is 2. The summed E-state index contributed by atoms with van der Waals surface area (Å²) in [6.45, 7) is 7.05. The highest BCUT2D eigenvalue weighted by Crippen LogP contribution is 2.21. The number of piperidine rings is 1. The molecule has 0 radical (unpaired) electrons. The maximum absolute atomic E-state index is 12.8. The molecule has 0 spiro atoms. The van der Waals surface area contributed by atoms with Gasteiger partial charge in [0, 0.05) is 37.8 Å². The van der Waals surface area contributed by atoms with Gasteiger partial charge in [-0.3, -0.25) is 4.79 Å². The van der Waals surface area contributed by atoms with Gasteiger partial charge in [-0.05, 0) is 44.7 Å². The quantitative estimate of drug-likeness (QED) is 0.910. The van der Waals surface area contributed by atoms with Gasteiger partial charge in [-0.15, -0.1) is 0 Å². The van der Waals surface area contributed by atoms with Crippen molar-refractivity contribution in [1.29, 1.82) is 0 Å². The van der Waals surface area contributed by atoms with Crippen LogP contribution < -0.4 is 5.32 Å². The van der Waals surface area contributed by atoms with Crippen molar-refractivity contribution in [2.24, 2.45) is 0 Å². The molecule has 1 aromatic rings. The van der Waals surface area contributed by atoms with Gasteiger partial charge in [0.2, 0.25) is 0 Å². The molecule has 2 aliphatic rings. The molecule has 0 saturated carbocycles. The van der Waals surface area contributed by atoms with Crippen LogP contribution in [0.1, 0.15) is 40.7 Å². The van der Waals surface area contributed by atoms with E-state index < -0.39 is 0 Å². The smallest absolute Gasteiger partial charge is 0.317 e. The summed E-state index contributed by atoms with van der Waals surface area (Å²) in [5, 5.41) is 2.91. The van der Waals surface area contributed by atoms with Crippen LogP contribution in [-0.4, -0.2) is 54.0 Å². The molecule has 0 aliphatic carbocycles. The van der Waals surface area contributed by atoms with Crippen LogP contribution in [0.15, 0.2) is 18.2 Å². The van der Waals surface area contributed by atoms with Gasteiger partial charge in [-0.25, -0.2) is 4.79 Å². The molecular formula is C18H25N3O2. The topological polar surface area (TPSA) is 52.7 Å². The first-order chi connectivity index (χ1) is 11.1. The van der Waals surface area contributed by atoms with Gasteiger partial charge >= 0.3 is 6.03 Å². The Kier molecular flexibility index (Phi) is 4.55. The van der Waals surface area contributed by atoms with Gasteiger partial charge < -0.3 is 15.1 Å². The van der Waals surface area contributed by atoms with E-state index in [1.54, 1.807) is 0 Å². The normalized spacial score (nSPS) is 19.7. The monoisotopic (exact) mass is 315 g/mol. The molecule has 23 heavy (non-hydrogen) atoms. The lowest BCUT2D eigenvalue weighted by Gasteiger charge is -2.40. The third-order valence-corrected chi connectivity index (χ3v) is 4.93. The minimum absolute atomic E-state index is 0.0514. The van der Waals surface area contributed by atoms with E-state index >= 15 is 0 Å². The van der Waals surface area contributed by atoms with E-state index in [0.717, 1.165) is 62.1 Å². The van der Waals surface area contributed by atoms with Crippen molar-refractivity contribution in [3.05, 3.63) is 34.9 Å². The lowest BCUT2D eigenvalue weighted by atomic mass is 9.99. The van der Waals surface area contributed by atoms with Crippen LogP contribution in [-0.2, 0) is 0 Å². The lowest BCUT2D eigenvalue weighted by molar-refractivity contribution is 0.0642. The van der Waals surface area contributed by atoms with Crippen LogP contribution in [0.5, 0.6) is 0 Å². The molecule has 5 heteroatoms. The molecule has 0 aromatic heterocycles.